The number of ether oxygens (including phenoxy) is 1. The van der Waals surface area contributed by atoms with E-state index < -0.39 is 5.97 Å². The van der Waals surface area contributed by atoms with Gasteiger partial charge in [0.05, 0.1) is 0 Å². The van der Waals surface area contributed by atoms with E-state index in [1.54, 1.807) is 18.2 Å². The van der Waals surface area contributed by atoms with Crippen molar-refractivity contribution >= 4 is 5.97 Å². The van der Waals surface area contributed by atoms with Gasteiger partial charge in [0.25, 0.3) is 0 Å². The zero-order valence-electron chi connectivity index (χ0n) is 11.6. The molecule has 20 heavy (non-hydrogen) atoms. The average molecular weight is 275 g/mol. The van der Waals surface area contributed by atoms with Crippen molar-refractivity contribution < 1.29 is 14.6 Å². The summed E-state index contributed by atoms with van der Waals surface area (Å²) in [6.07, 6.45) is 5.34. The Morgan fingerprint density at radius 3 is 2.65 bits per heavy atom. The second-order valence-corrected chi connectivity index (χ2v) is 5.82. The van der Waals surface area contributed by atoms with E-state index in [0.29, 0.717) is 12.4 Å². The third-order valence-electron chi connectivity index (χ3n) is 4.01. The smallest absolute Gasteiger partial charge is 0.339 e. The van der Waals surface area contributed by atoms with Gasteiger partial charge in [0, 0.05) is 19.1 Å². The SMILES string of the molecule is O=C(O)c1ccccc1OCCN(CC1CC1)C1CC1. The van der Waals surface area contributed by atoms with Gasteiger partial charge in [-0.25, -0.2) is 4.79 Å². The van der Waals surface area contributed by atoms with Gasteiger partial charge >= 0.3 is 5.97 Å². The minimum absolute atomic E-state index is 0.243. The molecule has 0 atom stereocenters. The van der Waals surface area contributed by atoms with E-state index in [1.165, 1.54) is 32.2 Å². The fourth-order valence-electron chi connectivity index (χ4n) is 2.54. The minimum atomic E-state index is -0.933. The molecule has 0 spiro atoms. The lowest BCUT2D eigenvalue weighted by molar-refractivity contribution is 0.0691. The molecule has 4 heteroatoms. The van der Waals surface area contributed by atoms with E-state index in [9.17, 15) is 4.79 Å². The molecule has 2 saturated carbocycles. The summed E-state index contributed by atoms with van der Waals surface area (Å²) in [5, 5.41) is 9.11. The standard InChI is InChI=1S/C16H21NO3/c18-16(19)14-3-1-2-4-15(14)20-10-9-17(13-7-8-13)11-12-5-6-12/h1-4,12-13H,5-11H2,(H,18,19). The van der Waals surface area contributed by atoms with Crippen LogP contribution in [0.4, 0.5) is 0 Å². The summed E-state index contributed by atoms with van der Waals surface area (Å²) in [6.45, 7) is 2.65. The first-order valence-electron chi connectivity index (χ1n) is 7.43. The van der Waals surface area contributed by atoms with Crippen molar-refractivity contribution in [1.82, 2.24) is 4.90 Å². The topological polar surface area (TPSA) is 49.8 Å². The first-order chi connectivity index (χ1) is 9.74. The molecular weight excluding hydrogens is 254 g/mol. The lowest BCUT2D eigenvalue weighted by atomic mass is 10.2. The molecule has 0 aliphatic heterocycles. The molecule has 1 aromatic carbocycles. The van der Waals surface area contributed by atoms with Gasteiger partial charge in [-0.3, -0.25) is 4.90 Å². The van der Waals surface area contributed by atoms with Crippen molar-refractivity contribution in [2.75, 3.05) is 19.7 Å². The summed E-state index contributed by atoms with van der Waals surface area (Å²) in [5.41, 5.74) is 0.243. The molecule has 0 heterocycles. The van der Waals surface area contributed by atoms with Crippen molar-refractivity contribution in [3.05, 3.63) is 29.8 Å². The van der Waals surface area contributed by atoms with Gasteiger partial charge in [0.15, 0.2) is 0 Å². The maximum Gasteiger partial charge on any atom is 0.339 e. The van der Waals surface area contributed by atoms with E-state index in [4.69, 9.17) is 9.84 Å². The maximum absolute atomic E-state index is 11.1. The molecule has 4 nitrogen and oxygen atoms in total. The fourth-order valence-corrected chi connectivity index (χ4v) is 2.54. The van der Waals surface area contributed by atoms with Crippen LogP contribution in [0.25, 0.3) is 0 Å². The Hall–Kier alpha value is -1.55. The van der Waals surface area contributed by atoms with Crippen molar-refractivity contribution in [3.63, 3.8) is 0 Å². The van der Waals surface area contributed by atoms with E-state index in [0.717, 1.165) is 18.5 Å². The number of carbonyl (C=O) groups is 1. The van der Waals surface area contributed by atoms with Gasteiger partial charge in [-0.1, -0.05) is 12.1 Å². The number of nitrogens with zero attached hydrogens (tertiary/aromatic N) is 1. The Bertz CT molecular complexity index is 480. The van der Waals surface area contributed by atoms with E-state index in [-0.39, 0.29) is 5.56 Å². The van der Waals surface area contributed by atoms with Crippen LogP contribution in [-0.4, -0.2) is 41.7 Å². The molecule has 0 amide bonds. The first-order valence-corrected chi connectivity index (χ1v) is 7.43. The van der Waals surface area contributed by atoms with Gasteiger partial charge in [-0.05, 0) is 43.7 Å². The molecule has 0 saturated heterocycles. The van der Waals surface area contributed by atoms with Crippen LogP contribution in [0.3, 0.4) is 0 Å². The third kappa shape index (κ3) is 3.51. The second kappa shape index (κ2) is 5.83. The zero-order chi connectivity index (χ0) is 13.9. The Morgan fingerprint density at radius 2 is 2.00 bits per heavy atom. The molecule has 2 fully saturated rings. The maximum atomic E-state index is 11.1. The average Bonchev–Trinajstić information content (AvgIpc) is 3.31. The third-order valence-corrected chi connectivity index (χ3v) is 4.01. The minimum Gasteiger partial charge on any atom is -0.491 e. The van der Waals surface area contributed by atoms with Crippen LogP contribution < -0.4 is 4.74 Å². The van der Waals surface area contributed by atoms with Crippen LogP contribution in [0.1, 0.15) is 36.0 Å². The molecule has 0 radical (unpaired) electrons. The summed E-state index contributed by atoms with van der Waals surface area (Å²) in [4.78, 5) is 13.6. The lowest BCUT2D eigenvalue weighted by Gasteiger charge is -2.22. The van der Waals surface area contributed by atoms with Crippen LogP contribution in [0.15, 0.2) is 24.3 Å². The zero-order valence-corrected chi connectivity index (χ0v) is 11.6. The predicted molar refractivity (Wildman–Crippen MR) is 76.2 cm³/mol. The van der Waals surface area contributed by atoms with Gasteiger partial charge in [0.2, 0.25) is 0 Å². The van der Waals surface area contributed by atoms with Crippen molar-refractivity contribution in [3.8, 4) is 5.75 Å². The summed E-state index contributed by atoms with van der Waals surface area (Å²) in [7, 11) is 0. The number of hydrogen-bond donors (Lipinski definition) is 1. The molecular formula is C16H21NO3. The number of rotatable bonds is 8. The highest BCUT2D eigenvalue weighted by molar-refractivity contribution is 5.90. The molecule has 1 N–H and O–H groups in total. The lowest BCUT2D eigenvalue weighted by Crippen LogP contribution is -2.32. The van der Waals surface area contributed by atoms with Crippen LogP contribution >= 0.6 is 0 Å². The number of benzene rings is 1. The molecule has 0 aromatic heterocycles. The summed E-state index contributed by atoms with van der Waals surface area (Å²) in [5.74, 6) is 0.432. The Balaban J connectivity index is 1.52. The molecule has 0 unspecified atom stereocenters. The number of hydrogen-bond acceptors (Lipinski definition) is 3. The fraction of sp³-hybridized carbons (Fsp3) is 0.562. The quantitative estimate of drug-likeness (QED) is 0.792. The number of para-hydroxylation sites is 1. The summed E-state index contributed by atoms with van der Waals surface area (Å²) < 4.78 is 5.69. The number of carboxylic acids is 1. The summed E-state index contributed by atoms with van der Waals surface area (Å²) >= 11 is 0. The largest absolute Gasteiger partial charge is 0.491 e. The molecule has 108 valence electrons. The second-order valence-electron chi connectivity index (χ2n) is 5.82. The van der Waals surface area contributed by atoms with Gasteiger partial charge in [-0.2, -0.15) is 0 Å². The van der Waals surface area contributed by atoms with Crippen LogP contribution in [0, 0.1) is 5.92 Å². The molecule has 0 bridgehead atoms. The van der Waals surface area contributed by atoms with Crippen LogP contribution in [0.5, 0.6) is 5.75 Å². The van der Waals surface area contributed by atoms with Crippen molar-refractivity contribution in [2.45, 2.75) is 31.7 Å². The van der Waals surface area contributed by atoms with Crippen molar-refractivity contribution in [2.24, 2.45) is 5.92 Å². The normalized spacial score (nSPS) is 18.2. The molecule has 2 aliphatic rings. The molecule has 1 aromatic rings. The van der Waals surface area contributed by atoms with Gasteiger partial charge < -0.3 is 9.84 Å². The monoisotopic (exact) mass is 275 g/mol. The van der Waals surface area contributed by atoms with Gasteiger partial charge in [-0.15, -0.1) is 0 Å². The molecule has 3 rings (SSSR count). The van der Waals surface area contributed by atoms with Crippen LogP contribution in [0.2, 0.25) is 0 Å². The van der Waals surface area contributed by atoms with Crippen LogP contribution in [-0.2, 0) is 0 Å². The first kappa shape index (κ1) is 13.4. The Kier molecular flexibility index (Phi) is 3.92. The highest BCUT2D eigenvalue weighted by Gasteiger charge is 2.33. The highest BCUT2D eigenvalue weighted by atomic mass is 16.5. The Morgan fingerprint density at radius 1 is 1.25 bits per heavy atom. The predicted octanol–water partition coefficient (Wildman–Crippen LogP) is 2.64. The van der Waals surface area contributed by atoms with Crippen molar-refractivity contribution in [1.29, 1.82) is 0 Å². The van der Waals surface area contributed by atoms with E-state index in [2.05, 4.69) is 4.90 Å². The Labute approximate surface area is 119 Å². The van der Waals surface area contributed by atoms with Gasteiger partial charge in [0.1, 0.15) is 17.9 Å². The summed E-state index contributed by atoms with van der Waals surface area (Å²) in [6, 6.07) is 7.59. The number of carboxylic acid groups (broad SMARTS) is 1. The highest BCUT2D eigenvalue weighted by Crippen LogP contribution is 2.34. The number of aromatic carboxylic acids is 1. The molecule has 2 aliphatic carbocycles. The van der Waals surface area contributed by atoms with E-state index in [1.807, 2.05) is 6.07 Å². The van der Waals surface area contributed by atoms with E-state index >= 15 is 0 Å².